The summed E-state index contributed by atoms with van der Waals surface area (Å²) >= 11 is 0. The molecule has 0 spiro atoms. The Hall–Kier alpha value is -3.10. The first-order chi connectivity index (χ1) is 11.0. The van der Waals surface area contributed by atoms with Gasteiger partial charge in [0.1, 0.15) is 6.54 Å². The van der Waals surface area contributed by atoms with Crippen LogP contribution in [0.5, 0.6) is 11.5 Å². The van der Waals surface area contributed by atoms with Crippen LogP contribution in [0.15, 0.2) is 24.4 Å². The van der Waals surface area contributed by atoms with Crippen LogP contribution < -0.4 is 9.47 Å². The van der Waals surface area contributed by atoms with Crippen molar-refractivity contribution in [1.82, 2.24) is 19.9 Å². The Morgan fingerprint density at radius 1 is 1.35 bits per heavy atom. The SMILES string of the molecule is CN(Cc1ccc2c(c1)OCO2)C(=O)Cn1cc(C(=O)O)nn1. The largest absolute Gasteiger partial charge is 0.476 e. The minimum Gasteiger partial charge on any atom is -0.476 e. The lowest BCUT2D eigenvalue weighted by Crippen LogP contribution is -2.30. The average Bonchev–Trinajstić information content (AvgIpc) is 3.15. The van der Waals surface area contributed by atoms with E-state index in [2.05, 4.69) is 10.3 Å². The Bertz CT molecular complexity index is 757. The van der Waals surface area contributed by atoms with Crippen LogP contribution in [0, 0.1) is 0 Å². The highest BCUT2D eigenvalue weighted by atomic mass is 16.7. The van der Waals surface area contributed by atoms with Crippen LogP contribution in [0.2, 0.25) is 0 Å². The van der Waals surface area contributed by atoms with Crippen molar-refractivity contribution in [2.45, 2.75) is 13.1 Å². The van der Waals surface area contributed by atoms with Crippen LogP contribution in [0.3, 0.4) is 0 Å². The fraction of sp³-hybridized carbons (Fsp3) is 0.286. The zero-order valence-electron chi connectivity index (χ0n) is 12.3. The number of hydrogen-bond acceptors (Lipinski definition) is 6. The predicted molar refractivity (Wildman–Crippen MR) is 76.0 cm³/mol. The van der Waals surface area contributed by atoms with E-state index in [-0.39, 0.29) is 24.9 Å². The number of likely N-dealkylation sites (N-methyl/N-ethyl adjacent to an activating group) is 1. The Kier molecular flexibility index (Phi) is 3.83. The molecule has 0 saturated carbocycles. The van der Waals surface area contributed by atoms with Crippen LogP contribution >= 0.6 is 0 Å². The van der Waals surface area contributed by atoms with Crippen LogP contribution in [-0.4, -0.2) is 50.7 Å². The van der Waals surface area contributed by atoms with E-state index in [1.807, 2.05) is 12.1 Å². The molecular weight excluding hydrogens is 304 g/mol. The standard InChI is InChI=1S/C14H14N4O5/c1-17(5-9-2-3-11-12(4-9)23-8-22-11)13(19)7-18-6-10(14(20)21)15-16-18/h2-4,6H,5,7-8H2,1H3,(H,20,21). The first kappa shape index (κ1) is 14.8. The first-order valence-electron chi connectivity index (χ1n) is 6.79. The second kappa shape index (κ2) is 5.95. The number of amides is 1. The highest BCUT2D eigenvalue weighted by Gasteiger charge is 2.16. The minimum atomic E-state index is -1.18. The molecule has 0 radical (unpaired) electrons. The quantitative estimate of drug-likeness (QED) is 0.848. The minimum absolute atomic E-state index is 0.0820. The topological polar surface area (TPSA) is 107 Å². The van der Waals surface area contributed by atoms with E-state index >= 15 is 0 Å². The van der Waals surface area contributed by atoms with E-state index in [1.54, 1.807) is 13.1 Å². The molecule has 23 heavy (non-hydrogen) atoms. The Labute approximate surface area is 131 Å². The summed E-state index contributed by atoms with van der Waals surface area (Å²) in [5.41, 5.74) is 0.700. The molecule has 0 fully saturated rings. The van der Waals surface area contributed by atoms with Gasteiger partial charge in [0.15, 0.2) is 17.2 Å². The number of rotatable bonds is 5. The Morgan fingerprint density at radius 2 is 2.13 bits per heavy atom. The van der Waals surface area contributed by atoms with E-state index < -0.39 is 5.97 Å². The maximum absolute atomic E-state index is 12.2. The van der Waals surface area contributed by atoms with Gasteiger partial charge in [-0.2, -0.15) is 0 Å². The number of carboxylic acid groups (broad SMARTS) is 1. The second-order valence-electron chi connectivity index (χ2n) is 5.04. The van der Waals surface area contributed by atoms with E-state index in [0.717, 1.165) is 5.56 Å². The third-order valence-electron chi connectivity index (χ3n) is 3.34. The number of benzene rings is 1. The number of nitrogens with zero attached hydrogens (tertiary/aromatic N) is 4. The normalized spacial score (nSPS) is 12.2. The van der Waals surface area contributed by atoms with Gasteiger partial charge in [0.05, 0.1) is 6.20 Å². The highest BCUT2D eigenvalue weighted by Crippen LogP contribution is 2.32. The molecule has 9 nitrogen and oxygen atoms in total. The molecule has 0 aliphatic carbocycles. The van der Waals surface area contributed by atoms with Crippen molar-refractivity contribution in [3.63, 3.8) is 0 Å². The third kappa shape index (κ3) is 3.23. The van der Waals surface area contributed by atoms with Gasteiger partial charge in [-0.25, -0.2) is 9.48 Å². The molecule has 1 amide bonds. The summed E-state index contributed by atoms with van der Waals surface area (Å²) in [6, 6.07) is 5.48. The van der Waals surface area contributed by atoms with Crippen molar-refractivity contribution >= 4 is 11.9 Å². The Balaban J connectivity index is 1.62. The van der Waals surface area contributed by atoms with E-state index in [0.29, 0.717) is 18.0 Å². The molecule has 0 atom stereocenters. The third-order valence-corrected chi connectivity index (χ3v) is 3.34. The van der Waals surface area contributed by atoms with Crippen LogP contribution in [0.25, 0.3) is 0 Å². The van der Waals surface area contributed by atoms with E-state index in [4.69, 9.17) is 14.6 Å². The molecule has 9 heteroatoms. The molecule has 0 bridgehead atoms. The lowest BCUT2D eigenvalue weighted by Gasteiger charge is -2.17. The van der Waals surface area contributed by atoms with E-state index in [1.165, 1.54) is 15.8 Å². The molecule has 0 saturated heterocycles. The number of carbonyl (C=O) groups excluding carboxylic acids is 1. The molecule has 120 valence electrons. The number of ether oxygens (including phenoxy) is 2. The molecular formula is C14H14N4O5. The lowest BCUT2D eigenvalue weighted by atomic mass is 10.2. The predicted octanol–water partition coefficient (Wildman–Crippen LogP) is 0.364. The van der Waals surface area contributed by atoms with Gasteiger partial charge in [0.2, 0.25) is 12.7 Å². The smallest absolute Gasteiger partial charge is 0.358 e. The Morgan fingerprint density at radius 3 is 2.87 bits per heavy atom. The van der Waals surface area contributed by atoms with E-state index in [9.17, 15) is 9.59 Å². The van der Waals surface area contributed by atoms with Crippen molar-refractivity contribution in [3.05, 3.63) is 35.7 Å². The van der Waals surface area contributed by atoms with Gasteiger partial charge >= 0.3 is 5.97 Å². The van der Waals surface area contributed by atoms with Crippen molar-refractivity contribution < 1.29 is 24.2 Å². The average molecular weight is 318 g/mol. The summed E-state index contributed by atoms with van der Waals surface area (Å²) in [7, 11) is 1.65. The van der Waals surface area contributed by atoms with Crippen molar-refractivity contribution in [3.8, 4) is 11.5 Å². The summed E-state index contributed by atoms with van der Waals surface area (Å²) in [4.78, 5) is 24.4. The number of fused-ring (bicyclic) bond motifs is 1. The zero-order valence-corrected chi connectivity index (χ0v) is 12.3. The second-order valence-corrected chi connectivity index (χ2v) is 5.04. The maximum atomic E-state index is 12.2. The van der Waals surface area contributed by atoms with Crippen LogP contribution in [0.4, 0.5) is 0 Å². The van der Waals surface area contributed by atoms with Gasteiger partial charge in [-0.3, -0.25) is 4.79 Å². The molecule has 2 heterocycles. The van der Waals surface area contributed by atoms with Gasteiger partial charge < -0.3 is 19.5 Å². The van der Waals surface area contributed by atoms with Gasteiger partial charge in [0, 0.05) is 13.6 Å². The van der Waals surface area contributed by atoms with Gasteiger partial charge in [-0.1, -0.05) is 11.3 Å². The summed E-state index contributed by atoms with van der Waals surface area (Å²) in [5, 5.41) is 15.9. The summed E-state index contributed by atoms with van der Waals surface area (Å²) in [5.74, 6) is -0.0563. The highest BCUT2D eigenvalue weighted by molar-refractivity contribution is 5.84. The fourth-order valence-corrected chi connectivity index (χ4v) is 2.13. The van der Waals surface area contributed by atoms with Crippen LogP contribution in [0.1, 0.15) is 16.1 Å². The van der Waals surface area contributed by atoms with Crippen molar-refractivity contribution in [2.75, 3.05) is 13.8 Å². The molecule has 3 rings (SSSR count). The van der Waals surface area contributed by atoms with Crippen LogP contribution in [-0.2, 0) is 17.9 Å². The summed E-state index contributed by atoms with van der Waals surface area (Å²) in [6.45, 7) is 0.503. The molecule has 1 aliphatic heterocycles. The number of carboxylic acids is 1. The molecule has 2 aromatic rings. The number of aromatic carboxylic acids is 1. The lowest BCUT2D eigenvalue weighted by molar-refractivity contribution is -0.131. The summed E-state index contributed by atoms with van der Waals surface area (Å²) in [6.07, 6.45) is 1.22. The van der Waals surface area contributed by atoms with Gasteiger partial charge in [0.25, 0.3) is 0 Å². The molecule has 1 aliphatic rings. The summed E-state index contributed by atoms with van der Waals surface area (Å²) < 4.78 is 11.7. The fourth-order valence-electron chi connectivity index (χ4n) is 2.13. The number of hydrogen-bond donors (Lipinski definition) is 1. The molecule has 1 aromatic carbocycles. The molecule has 1 aromatic heterocycles. The first-order valence-corrected chi connectivity index (χ1v) is 6.79. The number of aromatic nitrogens is 3. The molecule has 1 N–H and O–H groups in total. The van der Waals surface area contributed by atoms with Gasteiger partial charge in [-0.05, 0) is 17.7 Å². The maximum Gasteiger partial charge on any atom is 0.358 e. The van der Waals surface area contributed by atoms with Crippen molar-refractivity contribution in [2.24, 2.45) is 0 Å². The number of carbonyl (C=O) groups is 2. The zero-order chi connectivity index (χ0) is 16.4. The van der Waals surface area contributed by atoms with Gasteiger partial charge in [-0.15, -0.1) is 5.10 Å². The monoisotopic (exact) mass is 318 g/mol. The van der Waals surface area contributed by atoms with Crippen molar-refractivity contribution in [1.29, 1.82) is 0 Å². The molecule has 0 unspecified atom stereocenters.